The van der Waals surface area contributed by atoms with Gasteiger partial charge in [-0.1, -0.05) is 70.4 Å². The van der Waals surface area contributed by atoms with Gasteiger partial charge < -0.3 is 14.9 Å². The molecule has 0 bridgehead atoms. The van der Waals surface area contributed by atoms with E-state index in [-0.39, 0.29) is 5.76 Å². The van der Waals surface area contributed by atoms with Crippen LogP contribution in [0.1, 0.15) is 96.8 Å². The highest BCUT2D eigenvalue weighted by Gasteiger charge is 2.06. The van der Waals surface area contributed by atoms with Crippen molar-refractivity contribution in [3.8, 4) is 0 Å². The van der Waals surface area contributed by atoms with Crippen LogP contribution in [0.5, 0.6) is 0 Å². The van der Waals surface area contributed by atoms with Gasteiger partial charge in [0, 0.05) is 6.42 Å². The van der Waals surface area contributed by atoms with Crippen LogP contribution in [0.4, 0.5) is 0 Å². The molecular weight excluding hydrogens is 316 g/mol. The average molecular weight is 355 g/mol. The fourth-order valence-corrected chi connectivity index (χ4v) is 2.64. The summed E-state index contributed by atoms with van der Waals surface area (Å²) in [6, 6.07) is 0. The summed E-state index contributed by atoms with van der Waals surface area (Å²) in [6.45, 7) is 1.79. The van der Waals surface area contributed by atoms with Crippen LogP contribution in [0.2, 0.25) is 0 Å². The first-order valence-corrected chi connectivity index (χ1v) is 10.0. The van der Waals surface area contributed by atoms with Gasteiger partial charge in [-0.25, -0.2) is 0 Å². The third-order valence-corrected chi connectivity index (χ3v) is 4.19. The summed E-state index contributed by atoms with van der Waals surface area (Å²) < 4.78 is 4.78. The van der Waals surface area contributed by atoms with Crippen LogP contribution in [0.15, 0.2) is 24.2 Å². The van der Waals surface area contributed by atoms with Crippen LogP contribution in [0.3, 0.4) is 0 Å². The van der Waals surface area contributed by atoms with Crippen molar-refractivity contribution in [2.75, 3.05) is 6.61 Å². The predicted molar refractivity (Wildman–Crippen MR) is 103 cm³/mol. The molecule has 25 heavy (non-hydrogen) atoms. The molecule has 0 saturated heterocycles. The zero-order valence-electron chi connectivity index (χ0n) is 16.0. The number of carbonyl (C=O) groups is 1. The number of allylic oxidation sites excluding steroid dienone is 2. The van der Waals surface area contributed by atoms with Crippen molar-refractivity contribution in [1.82, 2.24) is 0 Å². The number of hydrogen-bond donors (Lipinski definition) is 2. The number of aliphatic hydroxyl groups excluding tert-OH is 2. The van der Waals surface area contributed by atoms with Gasteiger partial charge in [0.25, 0.3) is 0 Å². The van der Waals surface area contributed by atoms with E-state index < -0.39 is 12.6 Å². The van der Waals surface area contributed by atoms with Gasteiger partial charge >= 0.3 is 5.97 Å². The van der Waals surface area contributed by atoms with Crippen LogP contribution in [-0.4, -0.2) is 22.8 Å². The van der Waals surface area contributed by atoms with Crippen LogP contribution in [0, 0.1) is 0 Å². The summed E-state index contributed by atoms with van der Waals surface area (Å²) in [4.78, 5) is 11.4. The molecule has 0 fully saturated rings. The highest BCUT2D eigenvalue weighted by molar-refractivity contribution is 5.70. The zero-order chi connectivity index (χ0) is 18.6. The first-order valence-electron chi connectivity index (χ1n) is 10.0. The molecule has 0 aliphatic carbocycles. The number of aliphatic hydroxyl groups is 2. The molecule has 0 spiro atoms. The lowest BCUT2D eigenvalue weighted by Gasteiger charge is -2.04. The molecule has 0 unspecified atom stereocenters. The Morgan fingerprint density at radius 1 is 0.840 bits per heavy atom. The summed E-state index contributed by atoms with van der Waals surface area (Å²) >= 11 is 0. The monoisotopic (exact) mass is 354 g/mol. The van der Waals surface area contributed by atoms with Gasteiger partial charge in [-0.15, -0.1) is 0 Å². The number of unbranched alkanes of at least 4 members (excludes halogenated alkanes) is 11. The zero-order valence-corrected chi connectivity index (χ0v) is 16.0. The van der Waals surface area contributed by atoms with Crippen molar-refractivity contribution in [3.05, 3.63) is 24.2 Å². The maximum absolute atomic E-state index is 11.4. The van der Waals surface area contributed by atoms with E-state index in [0.717, 1.165) is 25.7 Å². The minimum absolute atomic E-state index is 0.0993. The molecule has 4 heteroatoms. The first-order chi connectivity index (χ1) is 12.2. The molecular formula is C21H38O4. The fraction of sp³-hybridized carbons (Fsp3) is 0.762. The fourth-order valence-electron chi connectivity index (χ4n) is 2.64. The molecule has 0 aliphatic heterocycles. The maximum Gasteiger partial charge on any atom is 0.311 e. The summed E-state index contributed by atoms with van der Waals surface area (Å²) in [6.07, 6.45) is 21.4. The van der Waals surface area contributed by atoms with E-state index in [9.17, 15) is 4.79 Å². The Balaban J connectivity index is 3.30. The summed E-state index contributed by atoms with van der Waals surface area (Å²) in [5, 5.41) is 17.4. The van der Waals surface area contributed by atoms with Crippen LogP contribution in [0.25, 0.3) is 0 Å². The minimum atomic E-state index is -0.464. The minimum Gasteiger partial charge on any atom is -0.512 e. The standard InChI is InChI=1S/C21H38O4/c1-2-3-4-5-6-7-8-9-10-11-12-13-14-15-16-17-21(24)25-20(18-22)19-23/h9-10,18,22-23H,2-8,11-17,19H2,1H3/b10-9-,20-18?. The molecule has 0 saturated carbocycles. The van der Waals surface area contributed by atoms with Crippen molar-refractivity contribution >= 4 is 5.97 Å². The predicted octanol–water partition coefficient (Wildman–Crippen LogP) is 5.96. The van der Waals surface area contributed by atoms with Gasteiger partial charge in [-0.3, -0.25) is 4.79 Å². The smallest absolute Gasteiger partial charge is 0.311 e. The lowest BCUT2D eigenvalue weighted by Crippen LogP contribution is -2.06. The topological polar surface area (TPSA) is 66.8 Å². The van der Waals surface area contributed by atoms with E-state index in [1.54, 1.807) is 0 Å². The van der Waals surface area contributed by atoms with Gasteiger partial charge in [-0.2, -0.15) is 0 Å². The molecule has 0 rings (SSSR count). The Morgan fingerprint density at radius 2 is 1.36 bits per heavy atom. The second kappa shape index (κ2) is 19.0. The average Bonchev–Trinajstić information content (AvgIpc) is 2.62. The van der Waals surface area contributed by atoms with E-state index in [0.29, 0.717) is 12.7 Å². The van der Waals surface area contributed by atoms with Crippen molar-refractivity contribution in [3.63, 3.8) is 0 Å². The third-order valence-electron chi connectivity index (χ3n) is 4.19. The van der Waals surface area contributed by atoms with Gasteiger partial charge in [0.2, 0.25) is 0 Å². The molecule has 2 N–H and O–H groups in total. The highest BCUT2D eigenvalue weighted by Crippen LogP contribution is 2.10. The van der Waals surface area contributed by atoms with E-state index >= 15 is 0 Å². The summed E-state index contributed by atoms with van der Waals surface area (Å²) in [5.74, 6) is -0.496. The largest absolute Gasteiger partial charge is 0.512 e. The van der Waals surface area contributed by atoms with E-state index in [1.807, 2.05) is 0 Å². The molecule has 146 valence electrons. The Hall–Kier alpha value is -1.29. The molecule has 0 heterocycles. The lowest BCUT2D eigenvalue weighted by molar-refractivity contribution is -0.140. The highest BCUT2D eigenvalue weighted by atomic mass is 16.5. The number of ether oxygens (including phenoxy) is 1. The third kappa shape index (κ3) is 17.3. The van der Waals surface area contributed by atoms with E-state index in [2.05, 4.69) is 19.1 Å². The lowest BCUT2D eigenvalue weighted by atomic mass is 10.1. The molecule has 0 atom stereocenters. The first kappa shape index (κ1) is 23.7. The normalized spacial score (nSPS) is 12.0. The van der Waals surface area contributed by atoms with Crippen molar-refractivity contribution in [1.29, 1.82) is 0 Å². The summed E-state index contributed by atoms with van der Waals surface area (Å²) in [5.41, 5.74) is 0. The Morgan fingerprint density at radius 3 is 1.88 bits per heavy atom. The maximum atomic E-state index is 11.4. The quantitative estimate of drug-likeness (QED) is 0.146. The second-order valence-corrected chi connectivity index (χ2v) is 6.56. The number of rotatable bonds is 17. The molecule has 0 radical (unpaired) electrons. The number of carbonyl (C=O) groups excluding carboxylic acids is 1. The molecule has 0 amide bonds. The molecule has 0 aromatic carbocycles. The van der Waals surface area contributed by atoms with Gasteiger partial charge in [0.15, 0.2) is 5.76 Å². The van der Waals surface area contributed by atoms with Crippen LogP contribution in [-0.2, 0) is 9.53 Å². The Kier molecular flexibility index (Phi) is 18.1. The second-order valence-electron chi connectivity index (χ2n) is 6.56. The van der Waals surface area contributed by atoms with Crippen LogP contribution >= 0.6 is 0 Å². The number of hydrogen-bond acceptors (Lipinski definition) is 4. The van der Waals surface area contributed by atoms with E-state index in [4.69, 9.17) is 14.9 Å². The van der Waals surface area contributed by atoms with Gasteiger partial charge in [0.1, 0.15) is 12.9 Å². The van der Waals surface area contributed by atoms with Crippen molar-refractivity contribution in [2.24, 2.45) is 0 Å². The molecule has 0 aromatic rings. The van der Waals surface area contributed by atoms with Crippen LogP contribution < -0.4 is 0 Å². The summed E-state index contributed by atoms with van der Waals surface area (Å²) in [7, 11) is 0. The molecule has 0 aromatic heterocycles. The molecule has 0 aliphatic rings. The van der Waals surface area contributed by atoms with Crippen molar-refractivity contribution in [2.45, 2.75) is 96.8 Å². The van der Waals surface area contributed by atoms with Gasteiger partial charge in [0.05, 0.1) is 0 Å². The Bertz CT molecular complexity index is 361. The molecule has 4 nitrogen and oxygen atoms in total. The van der Waals surface area contributed by atoms with Gasteiger partial charge in [-0.05, 0) is 32.1 Å². The Labute approximate surface area is 154 Å². The SMILES string of the molecule is CCCCCCCC/C=C\CCCCCCCC(=O)OC(=CO)CO. The van der Waals surface area contributed by atoms with E-state index in [1.165, 1.54) is 57.8 Å². The van der Waals surface area contributed by atoms with Crippen molar-refractivity contribution < 1.29 is 19.7 Å². The number of esters is 1.